The van der Waals surface area contributed by atoms with Crippen LogP contribution in [0.3, 0.4) is 0 Å². The van der Waals surface area contributed by atoms with Crippen molar-refractivity contribution in [1.82, 2.24) is 4.90 Å². The molecule has 2 aromatic rings. The Bertz CT molecular complexity index is 1210. The van der Waals surface area contributed by atoms with Gasteiger partial charge >= 0.3 is 6.18 Å². The molecule has 1 saturated heterocycles. The summed E-state index contributed by atoms with van der Waals surface area (Å²) < 4.78 is 42.9. The number of aliphatic hydroxyl groups is 1. The normalized spacial score (nSPS) is 16.1. The second kappa shape index (κ2) is 18.0. The third kappa shape index (κ3) is 12.6. The van der Waals surface area contributed by atoms with Gasteiger partial charge in [0.1, 0.15) is 5.75 Å². The number of alkyl halides is 3. The van der Waals surface area contributed by atoms with Gasteiger partial charge in [-0.2, -0.15) is 13.2 Å². The lowest BCUT2D eigenvalue weighted by molar-refractivity contribution is -0.130. The molecular weight excluding hydrogens is 563 g/mol. The molecule has 42 heavy (non-hydrogen) atoms. The molecule has 0 saturated carbocycles. The van der Waals surface area contributed by atoms with Crippen molar-refractivity contribution in [2.75, 3.05) is 63.9 Å². The molecule has 3 rings (SSSR count). The molecule has 0 aromatic heterocycles. The van der Waals surface area contributed by atoms with Gasteiger partial charge in [-0.15, -0.1) is 11.8 Å². The summed E-state index contributed by atoms with van der Waals surface area (Å²) in [6, 6.07) is 12.8. The first kappa shape index (κ1) is 35.4. The van der Waals surface area contributed by atoms with E-state index < -0.39 is 18.7 Å². The Hall–Kier alpha value is -2.84. The van der Waals surface area contributed by atoms with E-state index in [0.29, 0.717) is 25.7 Å². The van der Waals surface area contributed by atoms with Gasteiger partial charge in [-0.25, -0.2) is 0 Å². The Morgan fingerprint density at radius 1 is 1.24 bits per heavy atom. The van der Waals surface area contributed by atoms with Crippen molar-refractivity contribution in [1.29, 1.82) is 0 Å². The lowest BCUT2D eigenvalue weighted by Crippen LogP contribution is -2.34. The maximum Gasteiger partial charge on any atom is 0.388 e. The standard InChI is InChI=1S/C29H39N3O3S.C3H5F3/c1-21(8-7-14-30-28-12-11-25(36-5)17-29(28)35-4)16-26-22(2)9-6-10-27(26)31-23-13-15-32(18-23)19-24(33)20-34-3;1-2-3(4,5)6/h6,9-12,16-17,23-24,30-31,33H,13-15,18-20H2,1-5H3;2H2,1H3/b21-16+;. The minimum atomic E-state index is -3.96. The molecule has 1 aliphatic rings. The number of rotatable bonds is 11. The van der Waals surface area contributed by atoms with E-state index in [1.165, 1.54) is 16.0 Å². The fraction of sp³-hybridized carbons (Fsp3) is 0.500. The van der Waals surface area contributed by atoms with Crippen LogP contribution in [0.1, 0.15) is 37.8 Å². The number of methoxy groups -OCH3 is 2. The summed E-state index contributed by atoms with van der Waals surface area (Å²) in [7, 11) is 3.31. The van der Waals surface area contributed by atoms with Crippen molar-refractivity contribution in [3.05, 3.63) is 53.1 Å². The number of benzene rings is 2. The summed E-state index contributed by atoms with van der Waals surface area (Å²) in [6.07, 6.45) is 0.122. The second-order valence-corrected chi connectivity index (χ2v) is 10.9. The van der Waals surface area contributed by atoms with Gasteiger partial charge in [0.25, 0.3) is 0 Å². The van der Waals surface area contributed by atoms with E-state index in [0.717, 1.165) is 49.1 Å². The monoisotopic (exact) mass is 607 g/mol. The number of hydrogen-bond donors (Lipinski definition) is 3. The van der Waals surface area contributed by atoms with Gasteiger partial charge in [0.05, 0.1) is 32.1 Å². The molecule has 0 radical (unpaired) electrons. The average molecular weight is 608 g/mol. The Balaban J connectivity index is 0.000000928. The van der Waals surface area contributed by atoms with Crippen LogP contribution in [0.4, 0.5) is 24.5 Å². The SMILES string of the molecule is CCC(F)(F)F.COCC(O)CN1CCC(Nc2cccc(C)c2/C=C(\C)C#CCNc2ccc(SC)cc2OC)C1. The number of aryl methyl sites for hydroxylation is 1. The average Bonchev–Trinajstić information content (AvgIpc) is 3.39. The van der Waals surface area contributed by atoms with Crippen LogP contribution in [-0.2, 0) is 4.74 Å². The number of likely N-dealkylation sites (tertiary alicyclic amines) is 1. The van der Waals surface area contributed by atoms with E-state index in [4.69, 9.17) is 9.47 Å². The third-order valence-electron chi connectivity index (χ3n) is 6.61. The third-order valence-corrected chi connectivity index (χ3v) is 7.33. The van der Waals surface area contributed by atoms with Crippen molar-refractivity contribution < 1.29 is 27.8 Å². The predicted molar refractivity (Wildman–Crippen MR) is 169 cm³/mol. The van der Waals surface area contributed by atoms with Crippen molar-refractivity contribution in [3.63, 3.8) is 0 Å². The largest absolute Gasteiger partial charge is 0.495 e. The van der Waals surface area contributed by atoms with Gasteiger partial charge in [0.2, 0.25) is 0 Å². The molecule has 6 nitrogen and oxygen atoms in total. The summed E-state index contributed by atoms with van der Waals surface area (Å²) in [5.41, 5.74) is 5.46. The number of thioether (sulfide) groups is 1. The number of β-amino-alcohol motifs (C(OH)–C–C–N with tert-alkyl or cyclic N) is 1. The van der Waals surface area contributed by atoms with Crippen molar-refractivity contribution >= 4 is 29.2 Å². The van der Waals surface area contributed by atoms with Gasteiger partial charge in [-0.1, -0.05) is 30.9 Å². The first-order valence-corrected chi connectivity index (χ1v) is 15.2. The molecule has 2 unspecified atom stereocenters. The molecule has 2 aromatic carbocycles. The van der Waals surface area contributed by atoms with Crippen LogP contribution in [0.2, 0.25) is 0 Å². The Morgan fingerprint density at radius 2 is 1.98 bits per heavy atom. The second-order valence-electron chi connectivity index (χ2n) is 10.1. The van der Waals surface area contributed by atoms with Gasteiger partial charge in [-0.05, 0) is 68.0 Å². The molecule has 3 N–H and O–H groups in total. The molecule has 1 aliphatic heterocycles. The summed E-state index contributed by atoms with van der Waals surface area (Å²) >= 11 is 1.69. The van der Waals surface area contributed by atoms with Crippen molar-refractivity contribution in [2.45, 2.75) is 56.8 Å². The zero-order valence-electron chi connectivity index (χ0n) is 25.4. The number of aliphatic hydroxyl groups excluding tert-OH is 1. The van der Waals surface area contributed by atoms with E-state index >= 15 is 0 Å². The van der Waals surface area contributed by atoms with E-state index in [-0.39, 0.29) is 0 Å². The zero-order valence-corrected chi connectivity index (χ0v) is 26.2. The molecule has 1 heterocycles. The number of halogens is 3. The molecule has 0 amide bonds. The highest BCUT2D eigenvalue weighted by molar-refractivity contribution is 7.98. The number of nitrogens with zero attached hydrogens (tertiary/aromatic N) is 1. The van der Waals surface area contributed by atoms with Crippen molar-refractivity contribution in [2.24, 2.45) is 0 Å². The van der Waals surface area contributed by atoms with E-state index in [1.807, 2.05) is 19.1 Å². The molecule has 1 fully saturated rings. The lowest BCUT2D eigenvalue weighted by atomic mass is 10.0. The highest BCUT2D eigenvalue weighted by Gasteiger charge is 2.24. The Morgan fingerprint density at radius 3 is 2.62 bits per heavy atom. The number of anilines is 2. The van der Waals surface area contributed by atoms with Gasteiger partial charge < -0.3 is 25.2 Å². The fourth-order valence-corrected chi connectivity index (χ4v) is 4.83. The number of hydrogen-bond acceptors (Lipinski definition) is 7. The predicted octanol–water partition coefficient (Wildman–Crippen LogP) is 6.70. The Labute approximate surface area is 253 Å². The van der Waals surface area contributed by atoms with E-state index in [9.17, 15) is 18.3 Å². The van der Waals surface area contributed by atoms with Gasteiger partial charge in [0.15, 0.2) is 0 Å². The summed E-state index contributed by atoms with van der Waals surface area (Å²) in [5.74, 6) is 7.33. The van der Waals surface area contributed by atoms with Crippen molar-refractivity contribution in [3.8, 4) is 17.6 Å². The van der Waals surface area contributed by atoms with Crippen LogP contribution in [0, 0.1) is 18.8 Å². The molecule has 10 heteroatoms. The molecule has 0 bridgehead atoms. The van der Waals surface area contributed by atoms with Crippen LogP contribution in [0.5, 0.6) is 5.75 Å². The molecule has 0 aliphatic carbocycles. The smallest absolute Gasteiger partial charge is 0.388 e. The number of allylic oxidation sites excluding steroid dienone is 1. The fourth-order valence-electron chi connectivity index (χ4n) is 4.40. The lowest BCUT2D eigenvalue weighted by Gasteiger charge is -2.21. The molecule has 2 atom stereocenters. The van der Waals surface area contributed by atoms with Crippen LogP contribution in [-0.4, -0.2) is 81.6 Å². The Kier molecular flexibility index (Phi) is 15.1. The van der Waals surface area contributed by atoms with Gasteiger partial charge in [0, 0.05) is 55.4 Å². The zero-order chi connectivity index (χ0) is 31.1. The minimum Gasteiger partial charge on any atom is -0.495 e. The minimum absolute atomic E-state index is 0.344. The summed E-state index contributed by atoms with van der Waals surface area (Å²) in [5, 5.41) is 17.1. The van der Waals surface area contributed by atoms with E-state index in [1.54, 1.807) is 26.0 Å². The quantitative estimate of drug-likeness (QED) is 0.194. The topological polar surface area (TPSA) is 66.0 Å². The van der Waals surface area contributed by atoms with Crippen LogP contribution < -0.4 is 15.4 Å². The van der Waals surface area contributed by atoms with E-state index in [2.05, 4.69) is 70.9 Å². The van der Waals surface area contributed by atoms with Gasteiger partial charge in [-0.3, -0.25) is 4.90 Å². The van der Waals surface area contributed by atoms with Crippen LogP contribution in [0.25, 0.3) is 6.08 Å². The maximum absolute atomic E-state index is 10.8. The summed E-state index contributed by atoms with van der Waals surface area (Å²) in [6.45, 7) is 8.68. The first-order valence-electron chi connectivity index (χ1n) is 13.9. The number of nitrogens with one attached hydrogen (secondary N) is 2. The van der Waals surface area contributed by atoms with Crippen LogP contribution in [0.15, 0.2) is 46.9 Å². The molecule has 0 spiro atoms. The van der Waals surface area contributed by atoms with Crippen LogP contribution >= 0.6 is 11.8 Å². The first-order chi connectivity index (χ1) is 20.0. The molecular formula is C32H44F3N3O3S. The summed E-state index contributed by atoms with van der Waals surface area (Å²) in [4.78, 5) is 3.46. The highest BCUT2D eigenvalue weighted by atomic mass is 32.2. The highest BCUT2D eigenvalue weighted by Crippen LogP contribution is 2.29. The molecule has 232 valence electrons. The number of ether oxygens (including phenoxy) is 2. The maximum atomic E-state index is 10.8.